The zero-order valence-electron chi connectivity index (χ0n) is 14.3. The number of amides is 1. The molecule has 2 aromatic carbocycles. The zero-order chi connectivity index (χ0) is 18.2. The van der Waals surface area contributed by atoms with Gasteiger partial charge in [0.1, 0.15) is 0 Å². The Morgan fingerprint density at radius 1 is 1.24 bits per heavy atom. The lowest BCUT2D eigenvalue weighted by Gasteiger charge is -2.10. The molecule has 2 rings (SSSR count). The van der Waals surface area contributed by atoms with Gasteiger partial charge in [0, 0.05) is 5.69 Å². The Bertz CT molecular complexity index is 778. The van der Waals surface area contributed by atoms with E-state index in [2.05, 4.69) is 31.8 Å². The van der Waals surface area contributed by atoms with Crippen molar-refractivity contribution in [3.05, 3.63) is 52.0 Å². The Kier molecular flexibility index (Phi) is 6.82. The minimum absolute atomic E-state index is 0.137. The third-order valence-electron chi connectivity index (χ3n) is 3.44. The molecule has 0 aliphatic heterocycles. The van der Waals surface area contributed by atoms with Crippen molar-refractivity contribution in [3.63, 3.8) is 0 Å². The van der Waals surface area contributed by atoms with E-state index in [0.717, 1.165) is 21.3 Å². The molecule has 0 spiro atoms. The van der Waals surface area contributed by atoms with Crippen LogP contribution in [0.4, 0.5) is 5.69 Å². The van der Waals surface area contributed by atoms with Gasteiger partial charge in [-0.15, -0.1) is 0 Å². The highest BCUT2D eigenvalue weighted by atomic mass is 79.9. The van der Waals surface area contributed by atoms with Gasteiger partial charge in [0.05, 0.1) is 31.5 Å². The van der Waals surface area contributed by atoms with Gasteiger partial charge in [-0.2, -0.15) is 5.10 Å². The number of hydrogen-bond acceptors (Lipinski definition) is 5. The van der Waals surface area contributed by atoms with Gasteiger partial charge in [-0.25, -0.2) is 5.43 Å². The molecule has 0 aromatic heterocycles. The number of methoxy groups -OCH3 is 2. The molecule has 0 aliphatic rings. The van der Waals surface area contributed by atoms with Gasteiger partial charge in [-0.1, -0.05) is 18.2 Å². The summed E-state index contributed by atoms with van der Waals surface area (Å²) in [5, 5.41) is 7.04. The van der Waals surface area contributed by atoms with E-state index in [4.69, 9.17) is 9.47 Å². The van der Waals surface area contributed by atoms with Gasteiger partial charge in [0.15, 0.2) is 11.5 Å². The fraction of sp³-hybridized carbons (Fsp3) is 0.222. The van der Waals surface area contributed by atoms with E-state index in [1.807, 2.05) is 37.3 Å². The van der Waals surface area contributed by atoms with Crippen LogP contribution < -0.4 is 20.2 Å². The topological polar surface area (TPSA) is 72.0 Å². The summed E-state index contributed by atoms with van der Waals surface area (Å²) in [6, 6.07) is 11.4. The first-order valence-electron chi connectivity index (χ1n) is 7.58. The molecule has 0 heterocycles. The Hall–Kier alpha value is -2.54. The number of carbonyl (C=O) groups excluding carboxylic acids is 1. The molecule has 0 atom stereocenters. The number of anilines is 1. The first-order valence-corrected chi connectivity index (χ1v) is 8.37. The number of ether oxygens (including phenoxy) is 2. The maximum absolute atomic E-state index is 11.9. The number of hydrogen-bond donors (Lipinski definition) is 2. The van der Waals surface area contributed by atoms with Gasteiger partial charge >= 0.3 is 0 Å². The van der Waals surface area contributed by atoms with E-state index >= 15 is 0 Å². The van der Waals surface area contributed by atoms with Gasteiger partial charge < -0.3 is 14.8 Å². The Morgan fingerprint density at radius 3 is 2.68 bits per heavy atom. The van der Waals surface area contributed by atoms with Crippen molar-refractivity contribution in [1.82, 2.24) is 5.43 Å². The van der Waals surface area contributed by atoms with Crippen LogP contribution in [0.1, 0.15) is 11.1 Å². The van der Waals surface area contributed by atoms with Crippen LogP contribution in [0.2, 0.25) is 0 Å². The molecule has 7 heteroatoms. The van der Waals surface area contributed by atoms with Crippen molar-refractivity contribution in [1.29, 1.82) is 0 Å². The standard InChI is InChI=1S/C18H20BrN3O3/c1-12-6-4-5-7-15(12)20-11-17(23)22-21-10-13-8-14(19)18(25-3)16(9-13)24-2/h4-10,20H,11H2,1-3H3,(H,22,23)/b21-10+. The van der Waals surface area contributed by atoms with Crippen LogP contribution in [-0.4, -0.2) is 32.9 Å². The van der Waals surface area contributed by atoms with Crippen LogP contribution in [0.5, 0.6) is 11.5 Å². The molecule has 0 saturated carbocycles. The van der Waals surface area contributed by atoms with E-state index in [9.17, 15) is 4.79 Å². The number of hydrazone groups is 1. The van der Waals surface area contributed by atoms with Crippen LogP contribution in [0, 0.1) is 6.92 Å². The quantitative estimate of drug-likeness (QED) is 0.547. The molecule has 0 bridgehead atoms. The SMILES string of the molecule is COc1cc(/C=N/NC(=O)CNc2ccccc2C)cc(Br)c1OC. The number of halogens is 1. The van der Waals surface area contributed by atoms with Gasteiger partial charge in [-0.05, 0) is 52.2 Å². The van der Waals surface area contributed by atoms with Crippen molar-refractivity contribution in [2.75, 3.05) is 26.1 Å². The second-order valence-corrected chi connectivity index (χ2v) is 6.05. The summed E-state index contributed by atoms with van der Waals surface area (Å²) < 4.78 is 11.3. The van der Waals surface area contributed by atoms with E-state index in [0.29, 0.717) is 11.5 Å². The predicted molar refractivity (Wildman–Crippen MR) is 103 cm³/mol. The lowest BCUT2D eigenvalue weighted by atomic mass is 10.2. The first kappa shape index (κ1) is 18.8. The van der Waals surface area contributed by atoms with Crippen molar-refractivity contribution in [2.24, 2.45) is 5.10 Å². The van der Waals surface area contributed by atoms with Crippen LogP contribution in [0.15, 0.2) is 46.0 Å². The number of rotatable bonds is 7. The summed E-state index contributed by atoms with van der Waals surface area (Å²) in [6.07, 6.45) is 1.54. The summed E-state index contributed by atoms with van der Waals surface area (Å²) in [5.41, 5.74) is 5.25. The van der Waals surface area contributed by atoms with E-state index in [1.165, 1.54) is 0 Å². The lowest BCUT2D eigenvalue weighted by molar-refractivity contribution is -0.119. The van der Waals surface area contributed by atoms with Crippen molar-refractivity contribution >= 4 is 33.7 Å². The number of nitrogens with one attached hydrogen (secondary N) is 2. The number of benzene rings is 2. The first-order chi connectivity index (χ1) is 12.0. The number of aryl methyl sites for hydroxylation is 1. The average Bonchev–Trinajstić information content (AvgIpc) is 2.60. The third kappa shape index (κ3) is 5.22. The van der Waals surface area contributed by atoms with E-state index < -0.39 is 0 Å². The number of para-hydroxylation sites is 1. The van der Waals surface area contributed by atoms with Crippen LogP contribution in [0.3, 0.4) is 0 Å². The molecular weight excluding hydrogens is 386 g/mol. The number of nitrogens with zero attached hydrogens (tertiary/aromatic N) is 1. The summed E-state index contributed by atoms with van der Waals surface area (Å²) in [5.74, 6) is 0.941. The fourth-order valence-electron chi connectivity index (χ4n) is 2.18. The second-order valence-electron chi connectivity index (χ2n) is 5.20. The molecule has 2 N–H and O–H groups in total. The normalized spacial score (nSPS) is 10.6. The lowest BCUT2D eigenvalue weighted by Crippen LogP contribution is -2.26. The van der Waals surface area contributed by atoms with Crippen LogP contribution in [0.25, 0.3) is 0 Å². The largest absolute Gasteiger partial charge is 0.493 e. The van der Waals surface area contributed by atoms with Gasteiger partial charge in [0.25, 0.3) is 5.91 Å². The molecule has 25 heavy (non-hydrogen) atoms. The molecule has 6 nitrogen and oxygen atoms in total. The maximum Gasteiger partial charge on any atom is 0.259 e. The fourth-order valence-corrected chi connectivity index (χ4v) is 2.80. The monoisotopic (exact) mass is 405 g/mol. The smallest absolute Gasteiger partial charge is 0.259 e. The van der Waals surface area contributed by atoms with E-state index in [-0.39, 0.29) is 12.5 Å². The van der Waals surface area contributed by atoms with Gasteiger partial charge in [0.2, 0.25) is 0 Å². The minimum Gasteiger partial charge on any atom is -0.493 e. The molecule has 132 valence electrons. The highest BCUT2D eigenvalue weighted by Gasteiger charge is 2.09. The Morgan fingerprint density at radius 2 is 2.00 bits per heavy atom. The van der Waals surface area contributed by atoms with Crippen molar-refractivity contribution in [2.45, 2.75) is 6.92 Å². The van der Waals surface area contributed by atoms with Crippen molar-refractivity contribution < 1.29 is 14.3 Å². The summed E-state index contributed by atoms with van der Waals surface area (Å²) >= 11 is 3.41. The number of carbonyl (C=O) groups is 1. The molecule has 2 aromatic rings. The van der Waals surface area contributed by atoms with Gasteiger partial charge in [-0.3, -0.25) is 4.79 Å². The average molecular weight is 406 g/mol. The molecule has 0 unspecified atom stereocenters. The molecule has 0 aliphatic carbocycles. The Labute approximate surface area is 155 Å². The predicted octanol–water partition coefficient (Wildman–Crippen LogP) is 3.34. The van der Waals surface area contributed by atoms with Crippen molar-refractivity contribution in [3.8, 4) is 11.5 Å². The molecule has 0 fully saturated rings. The highest BCUT2D eigenvalue weighted by Crippen LogP contribution is 2.35. The zero-order valence-corrected chi connectivity index (χ0v) is 15.9. The molecule has 0 saturated heterocycles. The molecule has 1 amide bonds. The minimum atomic E-state index is -0.237. The van der Waals surface area contributed by atoms with Crippen LogP contribution in [-0.2, 0) is 4.79 Å². The maximum atomic E-state index is 11.9. The highest BCUT2D eigenvalue weighted by molar-refractivity contribution is 9.10. The second kappa shape index (κ2) is 9.08. The summed E-state index contributed by atoms with van der Waals surface area (Å²) in [4.78, 5) is 11.9. The summed E-state index contributed by atoms with van der Waals surface area (Å²) in [7, 11) is 3.13. The molecule has 0 radical (unpaired) electrons. The Balaban J connectivity index is 1.93. The molecular formula is C18H20BrN3O3. The van der Waals surface area contributed by atoms with E-state index in [1.54, 1.807) is 26.5 Å². The third-order valence-corrected chi connectivity index (χ3v) is 4.03. The summed E-state index contributed by atoms with van der Waals surface area (Å²) in [6.45, 7) is 2.12. The van der Waals surface area contributed by atoms with Crippen LogP contribution >= 0.6 is 15.9 Å².